The molecule has 2 atom stereocenters. The fraction of sp³-hybridized carbons (Fsp3) is 0.636. The summed E-state index contributed by atoms with van der Waals surface area (Å²) in [6.45, 7) is 5.14. The van der Waals surface area contributed by atoms with Gasteiger partial charge in [0.25, 0.3) is 0 Å². The van der Waals surface area contributed by atoms with Crippen molar-refractivity contribution in [3.63, 3.8) is 0 Å². The molecule has 0 aliphatic carbocycles. The Kier molecular flexibility index (Phi) is 4.58. The van der Waals surface area contributed by atoms with E-state index < -0.39 is 0 Å². The Morgan fingerprint density at radius 3 is 2.71 bits per heavy atom. The molecule has 1 aromatic heterocycles. The second-order valence-corrected chi connectivity index (χ2v) is 4.83. The van der Waals surface area contributed by atoms with Gasteiger partial charge in [-0.15, -0.1) is 11.3 Å². The van der Waals surface area contributed by atoms with Crippen LogP contribution in [0.15, 0.2) is 11.4 Å². The fourth-order valence-electron chi connectivity index (χ4n) is 1.60. The minimum absolute atomic E-state index is 0.466. The number of aryl methyl sites for hydroxylation is 1. The highest BCUT2D eigenvalue weighted by molar-refractivity contribution is 7.10. The van der Waals surface area contributed by atoms with E-state index in [1.165, 1.54) is 10.4 Å². The third-order valence-corrected chi connectivity index (χ3v) is 3.74. The number of hydrogen-bond acceptors (Lipinski definition) is 3. The van der Waals surface area contributed by atoms with Crippen molar-refractivity contribution in [2.24, 2.45) is 11.7 Å². The summed E-state index contributed by atoms with van der Waals surface area (Å²) < 4.78 is 0. The maximum absolute atomic E-state index is 5.64. The number of nitrogens with one attached hydrogen (secondary N) is 1. The maximum atomic E-state index is 5.64. The largest absolute Gasteiger partial charge is 0.330 e. The van der Waals surface area contributed by atoms with Crippen LogP contribution < -0.4 is 11.1 Å². The summed E-state index contributed by atoms with van der Waals surface area (Å²) in [6, 6.07) is 2.64. The fourth-order valence-corrected chi connectivity index (χ4v) is 2.65. The average molecular weight is 212 g/mol. The quantitative estimate of drug-likeness (QED) is 0.786. The molecule has 14 heavy (non-hydrogen) atoms. The monoisotopic (exact) mass is 212 g/mol. The van der Waals surface area contributed by atoms with Crippen molar-refractivity contribution in [1.82, 2.24) is 5.32 Å². The van der Waals surface area contributed by atoms with Crippen molar-refractivity contribution in [2.45, 2.75) is 26.3 Å². The van der Waals surface area contributed by atoms with Crippen LogP contribution in [-0.4, -0.2) is 13.6 Å². The summed E-state index contributed by atoms with van der Waals surface area (Å²) in [5, 5.41) is 5.52. The van der Waals surface area contributed by atoms with Gasteiger partial charge >= 0.3 is 0 Å². The van der Waals surface area contributed by atoms with Crippen LogP contribution in [0.3, 0.4) is 0 Å². The summed E-state index contributed by atoms with van der Waals surface area (Å²) in [5.74, 6) is 0.578. The van der Waals surface area contributed by atoms with Gasteiger partial charge in [0.2, 0.25) is 0 Å². The van der Waals surface area contributed by atoms with Crippen molar-refractivity contribution in [3.05, 3.63) is 21.9 Å². The first kappa shape index (κ1) is 11.7. The minimum atomic E-state index is 0.466. The molecule has 0 aromatic carbocycles. The molecule has 0 spiro atoms. The second-order valence-electron chi connectivity index (χ2n) is 3.89. The van der Waals surface area contributed by atoms with Gasteiger partial charge in [0, 0.05) is 10.9 Å². The van der Waals surface area contributed by atoms with E-state index in [0.717, 1.165) is 13.0 Å². The summed E-state index contributed by atoms with van der Waals surface area (Å²) in [7, 11) is 2.02. The molecule has 3 heteroatoms. The second kappa shape index (κ2) is 5.49. The van der Waals surface area contributed by atoms with Gasteiger partial charge in [-0.2, -0.15) is 0 Å². The minimum Gasteiger partial charge on any atom is -0.330 e. The summed E-state index contributed by atoms with van der Waals surface area (Å²) in [6.07, 6.45) is 1.12. The molecule has 0 saturated carbocycles. The van der Waals surface area contributed by atoms with E-state index >= 15 is 0 Å². The third kappa shape index (κ3) is 2.80. The molecule has 0 radical (unpaired) electrons. The highest BCUT2D eigenvalue weighted by Crippen LogP contribution is 2.28. The zero-order chi connectivity index (χ0) is 10.6. The van der Waals surface area contributed by atoms with Crippen molar-refractivity contribution in [3.8, 4) is 0 Å². The predicted octanol–water partition coefficient (Wildman–Crippen LogP) is 2.30. The molecule has 0 saturated heterocycles. The standard InChI is InChI=1S/C11H20N2S/c1-8(7-12)6-10(13-3)11-9(2)4-5-14-11/h4-5,8,10,13H,6-7,12H2,1-3H3. The Morgan fingerprint density at radius 2 is 2.29 bits per heavy atom. The number of rotatable bonds is 5. The molecular weight excluding hydrogens is 192 g/mol. The molecule has 1 rings (SSSR count). The molecule has 0 amide bonds. The van der Waals surface area contributed by atoms with E-state index in [1.54, 1.807) is 0 Å². The van der Waals surface area contributed by atoms with E-state index in [-0.39, 0.29) is 0 Å². The maximum Gasteiger partial charge on any atom is 0.0418 e. The smallest absolute Gasteiger partial charge is 0.0418 e. The van der Waals surface area contributed by atoms with Crippen LogP contribution in [0.25, 0.3) is 0 Å². The molecule has 1 heterocycles. The third-order valence-electron chi connectivity index (χ3n) is 2.61. The molecule has 0 aliphatic heterocycles. The Bertz CT molecular complexity index is 270. The van der Waals surface area contributed by atoms with E-state index in [0.29, 0.717) is 12.0 Å². The van der Waals surface area contributed by atoms with Gasteiger partial charge in [-0.25, -0.2) is 0 Å². The van der Waals surface area contributed by atoms with Crippen LogP contribution in [-0.2, 0) is 0 Å². The number of hydrogen-bond donors (Lipinski definition) is 2. The highest BCUT2D eigenvalue weighted by Gasteiger charge is 2.15. The van der Waals surface area contributed by atoms with Crippen LogP contribution in [0, 0.1) is 12.8 Å². The van der Waals surface area contributed by atoms with E-state index in [1.807, 2.05) is 18.4 Å². The van der Waals surface area contributed by atoms with Crippen molar-refractivity contribution in [1.29, 1.82) is 0 Å². The molecule has 0 bridgehead atoms. The summed E-state index contributed by atoms with van der Waals surface area (Å²) >= 11 is 1.83. The first-order chi connectivity index (χ1) is 6.69. The lowest BCUT2D eigenvalue weighted by molar-refractivity contribution is 0.441. The van der Waals surface area contributed by atoms with E-state index in [2.05, 4.69) is 30.6 Å². The van der Waals surface area contributed by atoms with E-state index in [4.69, 9.17) is 5.73 Å². The van der Waals surface area contributed by atoms with Crippen molar-refractivity contribution < 1.29 is 0 Å². The highest BCUT2D eigenvalue weighted by atomic mass is 32.1. The Hall–Kier alpha value is -0.380. The molecule has 0 fully saturated rings. The lowest BCUT2D eigenvalue weighted by Gasteiger charge is -2.19. The Morgan fingerprint density at radius 1 is 1.57 bits per heavy atom. The number of thiophene rings is 1. The van der Waals surface area contributed by atoms with Gasteiger partial charge in [-0.05, 0) is 49.9 Å². The topological polar surface area (TPSA) is 38.0 Å². The van der Waals surface area contributed by atoms with Crippen LogP contribution in [0.2, 0.25) is 0 Å². The van der Waals surface area contributed by atoms with Gasteiger partial charge in [0.1, 0.15) is 0 Å². The molecule has 1 aromatic rings. The predicted molar refractivity (Wildman–Crippen MR) is 63.7 cm³/mol. The molecular formula is C11H20N2S. The summed E-state index contributed by atoms with van der Waals surface area (Å²) in [5.41, 5.74) is 7.03. The van der Waals surface area contributed by atoms with Gasteiger partial charge < -0.3 is 11.1 Å². The van der Waals surface area contributed by atoms with Gasteiger partial charge in [-0.3, -0.25) is 0 Å². The van der Waals surface area contributed by atoms with Crippen molar-refractivity contribution >= 4 is 11.3 Å². The molecule has 2 unspecified atom stereocenters. The zero-order valence-corrected chi connectivity index (χ0v) is 10.0. The SMILES string of the molecule is CNC(CC(C)CN)c1sccc1C. The van der Waals surface area contributed by atoms with Crippen molar-refractivity contribution in [2.75, 3.05) is 13.6 Å². The molecule has 2 nitrogen and oxygen atoms in total. The van der Waals surface area contributed by atoms with Gasteiger partial charge in [0.15, 0.2) is 0 Å². The van der Waals surface area contributed by atoms with E-state index in [9.17, 15) is 0 Å². The average Bonchev–Trinajstić information content (AvgIpc) is 2.60. The molecule has 3 N–H and O–H groups in total. The zero-order valence-electron chi connectivity index (χ0n) is 9.21. The number of nitrogens with two attached hydrogens (primary N) is 1. The first-order valence-corrected chi connectivity index (χ1v) is 5.98. The van der Waals surface area contributed by atoms with Gasteiger partial charge in [0.05, 0.1) is 0 Å². The van der Waals surface area contributed by atoms with Crippen LogP contribution in [0.1, 0.15) is 29.8 Å². The Labute approximate surface area is 90.5 Å². The normalized spacial score (nSPS) is 15.4. The molecule has 0 aliphatic rings. The lowest BCUT2D eigenvalue weighted by Crippen LogP contribution is -2.22. The van der Waals surface area contributed by atoms with Gasteiger partial charge in [-0.1, -0.05) is 6.92 Å². The molecule has 80 valence electrons. The Balaban J connectivity index is 2.67. The van der Waals surface area contributed by atoms with Crippen LogP contribution in [0.5, 0.6) is 0 Å². The van der Waals surface area contributed by atoms with Crippen LogP contribution in [0.4, 0.5) is 0 Å². The summed E-state index contributed by atoms with van der Waals surface area (Å²) in [4.78, 5) is 1.45. The lowest BCUT2D eigenvalue weighted by atomic mass is 9.99. The first-order valence-electron chi connectivity index (χ1n) is 5.10. The van der Waals surface area contributed by atoms with Crippen LogP contribution >= 0.6 is 11.3 Å².